The molecule has 3 aromatic rings. The Bertz CT molecular complexity index is 1440. The van der Waals surface area contributed by atoms with Crippen LogP contribution >= 0.6 is 11.3 Å². The summed E-state index contributed by atoms with van der Waals surface area (Å²) in [5, 5.41) is 0. The monoisotopic (exact) mass is 688 g/mol. The molecule has 260 valence electrons. The number of hydrogen-bond donors (Lipinski definition) is 0. The van der Waals surface area contributed by atoms with E-state index < -0.39 is 8.32 Å². The number of hydrogen-bond acceptors (Lipinski definition) is 6. The lowest BCUT2D eigenvalue weighted by Gasteiger charge is -2.20. The summed E-state index contributed by atoms with van der Waals surface area (Å²) >= 11 is 1.53. The van der Waals surface area contributed by atoms with E-state index in [1.807, 2.05) is 18.2 Å². The highest BCUT2D eigenvalue weighted by Gasteiger charge is 2.16. The third kappa shape index (κ3) is 14.9. The minimum Gasteiger partial charge on any atom is -0.497 e. The lowest BCUT2D eigenvalue weighted by Crippen LogP contribution is -2.25. The molecule has 1 heterocycles. The summed E-state index contributed by atoms with van der Waals surface area (Å²) in [5.74, 6) is 7.50. The summed E-state index contributed by atoms with van der Waals surface area (Å²) in [4.78, 5) is 13.8. The Balaban J connectivity index is 1.65. The topological polar surface area (TPSA) is 54.0 Å². The van der Waals surface area contributed by atoms with Gasteiger partial charge in [-0.1, -0.05) is 81.0 Å². The molecule has 1 aromatic heterocycles. The minimum atomic E-state index is -1.57. The SMILES string of the molecule is C=C(C#CCO[Si](C)(C)C)CC[C@H](CCCc1ccc(C(=O)OC)s1)Cc1ccc(C(CCCCC)OCc2ccc(OC)cc2)cc1. The smallest absolute Gasteiger partial charge is 0.348 e. The van der Waals surface area contributed by atoms with Gasteiger partial charge < -0.3 is 18.6 Å². The normalized spacial score (nSPS) is 12.5. The van der Waals surface area contributed by atoms with E-state index in [9.17, 15) is 4.79 Å². The number of benzene rings is 2. The summed E-state index contributed by atoms with van der Waals surface area (Å²) in [6.45, 7) is 14.1. The molecule has 2 aromatic carbocycles. The average Bonchev–Trinajstić information content (AvgIpc) is 3.56. The van der Waals surface area contributed by atoms with E-state index in [4.69, 9.17) is 18.6 Å². The largest absolute Gasteiger partial charge is 0.497 e. The van der Waals surface area contributed by atoms with Crippen molar-refractivity contribution in [2.24, 2.45) is 5.92 Å². The van der Waals surface area contributed by atoms with E-state index >= 15 is 0 Å². The number of ether oxygens (including phenoxy) is 3. The van der Waals surface area contributed by atoms with E-state index in [-0.39, 0.29) is 12.1 Å². The fraction of sp³-hybridized carbons (Fsp3) is 0.488. The number of aryl methyl sites for hydroxylation is 1. The zero-order chi connectivity index (χ0) is 34.8. The number of carbonyl (C=O) groups is 1. The fourth-order valence-electron chi connectivity index (χ4n) is 5.54. The lowest BCUT2D eigenvalue weighted by atomic mass is 9.88. The van der Waals surface area contributed by atoms with Gasteiger partial charge in [-0.15, -0.1) is 11.3 Å². The quantitative estimate of drug-likeness (QED) is 0.0483. The first kappa shape index (κ1) is 39.3. The van der Waals surface area contributed by atoms with Gasteiger partial charge in [-0.05, 0) is 117 Å². The molecule has 48 heavy (non-hydrogen) atoms. The Morgan fingerprint density at radius 1 is 0.896 bits per heavy atom. The Morgan fingerprint density at radius 3 is 2.29 bits per heavy atom. The standard InChI is InChI=1S/C41H56O5SSi/c1-8-9-10-16-39(45-31-35-21-25-37(43-3)26-22-35)36-23-19-34(20-24-36)30-33(18-17-32(2)13-12-29-46-48(5,6)7)14-11-15-38-27-28-40(47-38)41(42)44-4/h19-28,33,39H,2,8-11,14-18,29-31H2,1,3-7H3/t33-,39?/m0/s1. The number of allylic oxidation sites excluding steroid dienone is 1. The van der Waals surface area contributed by atoms with Gasteiger partial charge >= 0.3 is 5.97 Å². The molecule has 7 heteroatoms. The molecule has 0 aliphatic heterocycles. The molecule has 0 aliphatic carbocycles. The van der Waals surface area contributed by atoms with Crippen LogP contribution in [0.3, 0.4) is 0 Å². The molecule has 0 saturated carbocycles. The molecule has 0 spiro atoms. The lowest BCUT2D eigenvalue weighted by molar-refractivity contribution is 0.0322. The molecule has 0 fully saturated rings. The van der Waals surface area contributed by atoms with Crippen molar-refractivity contribution in [3.05, 3.63) is 99.3 Å². The maximum absolute atomic E-state index is 11.9. The number of methoxy groups -OCH3 is 2. The average molecular weight is 689 g/mol. The van der Waals surface area contributed by atoms with Crippen LogP contribution in [0, 0.1) is 17.8 Å². The van der Waals surface area contributed by atoms with E-state index in [0.717, 1.165) is 68.3 Å². The van der Waals surface area contributed by atoms with Gasteiger partial charge in [0.05, 0.1) is 33.5 Å². The summed E-state index contributed by atoms with van der Waals surface area (Å²) in [5.41, 5.74) is 4.70. The minimum absolute atomic E-state index is 0.0657. The molecule has 3 rings (SSSR count). The van der Waals surface area contributed by atoms with Crippen molar-refractivity contribution in [2.75, 3.05) is 20.8 Å². The second-order valence-corrected chi connectivity index (χ2v) is 19.1. The Labute approximate surface area is 295 Å². The molecule has 5 nitrogen and oxygen atoms in total. The summed E-state index contributed by atoms with van der Waals surface area (Å²) in [7, 11) is 1.55. The van der Waals surface area contributed by atoms with E-state index in [2.05, 4.69) is 87.4 Å². The van der Waals surface area contributed by atoms with Crippen LogP contribution in [0.15, 0.2) is 72.8 Å². The van der Waals surface area contributed by atoms with Crippen LogP contribution in [0.5, 0.6) is 5.75 Å². The molecule has 0 bridgehead atoms. The highest BCUT2D eigenvalue weighted by molar-refractivity contribution is 7.13. The predicted molar refractivity (Wildman–Crippen MR) is 202 cm³/mol. The second-order valence-electron chi connectivity index (χ2n) is 13.5. The van der Waals surface area contributed by atoms with E-state index in [0.29, 0.717) is 24.0 Å². The van der Waals surface area contributed by atoms with Crippen LogP contribution in [0.2, 0.25) is 19.6 Å². The van der Waals surface area contributed by atoms with Gasteiger partial charge in [0.2, 0.25) is 0 Å². The van der Waals surface area contributed by atoms with Crippen molar-refractivity contribution in [3.63, 3.8) is 0 Å². The molecule has 2 atom stereocenters. The fourth-order valence-corrected chi connectivity index (χ4v) is 7.01. The van der Waals surface area contributed by atoms with Crippen LogP contribution in [0.25, 0.3) is 0 Å². The van der Waals surface area contributed by atoms with Gasteiger partial charge in [0.15, 0.2) is 8.32 Å². The van der Waals surface area contributed by atoms with Crippen LogP contribution < -0.4 is 4.74 Å². The number of carbonyl (C=O) groups excluding carboxylic acids is 1. The molecule has 0 aliphatic rings. The van der Waals surface area contributed by atoms with Crippen molar-refractivity contribution in [3.8, 4) is 17.6 Å². The number of rotatable bonds is 21. The molecular weight excluding hydrogens is 633 g/mol. The van der Waals surface area contributed by atoms with Gasteiger partial charge in [-0.3, -0.25) is 0 Å². The predicted octanol–water partition coefficient (Wildman–Crippen LogP) is 10.8. The Morgan fingerprint density at radius 2 is 1.62 bits per heavy atom. The second kappa shape index (κ2) is 21.0. The maximum atomic E-state index is 11.9. The third-order valence-electron chi connectivity index (χ3n) is 8.34. The van der Waals surface area contributed by atoms with Gasteiger partial charge in [-0.25, -0.2) is 4.79 Å². The molecule has 0 radical (unpaired) electrons. The molecule has 0 N–H and O–H groups in total. The Kier molecular flexibility index (Phi) is 17.2. The highest BCUT2D eigenvalue weighted by atomic mass is 32.1. The number of thiophene rings is 1. The van der Waals surface area contributed by atoms with Crippen LogP contribution in [-0.4, -0.2) is 35.1 Å². The Hall–Kier alpha value is -3.15. The van der Waals surface area contributed by atoms with Crippen molar-refractivity contribution in [1.29, 1.82) is 0 Å². The van der Waals surface area contributed by atoms with E-state index in [1.54, 1.807) is 7.11 Å². The molecule has 0 amide bonds. The first-order chi connectivity index (χ1) is 23.1. The number of unbranched alkanes of at least 4 members (excludes halogenated alkanes) is 2. The zero-order valence-electron chi connectivity index (χ0n) is 30.1. The highest BCUT2D eigenvalue weighted by Crippen LogP contribution is 2.29. The van der Waals surface area contributed by atoms with Crippen molar-refractivity contribution in [1.82, 2.24) is 0 Å². The van der Waals surface area contributed by atoms with Gasteiger partial charge in [0.1, 0.15) is 10.6 Å². The van der Waals surface area contributed by atoms with Crippen molar-refractivity contribution < 1.29 is 23.4 Å². The van der Waals surface area contributed by atoms with Crippen molar-refractivity contribution >= 4 is 25.6 Å². The molecular formula is C41H56O5SSi. The third-order valence-corrected chi connectivity index (χ3v) is 10.5. The molecule has 0 saturated heterocycles. The number of esters is 1. The van der Waals surface area contributed by atoms with Gasteiger partial charge in [0, 0.05) is 4.88 Å². The van der Waals surface area contributed by atoms with Crippen LogP contribution in [-0.2, 0) is 33.3 Å². The summed E-state index contributed by atoms with van der Waals surface area (Å²) in [6.07, 6.45) is 10.7. The zero-order valence-corrected chi connectivity index (χ0v) is 31.9. The first-order valence-electron chi connectivity index (χ1n) is 17.4. The summed E-state index contributed by atoms with van der Waals surface area (Å²) < 4.78 is 22.6. The van der Waals surface area contributed by atoms with E-state index in [1.165, 1.54) is 47.3 Å². The van der Waals surface area contributed by atoms with Crippen LogP contribution in [0.1, 0.15) is 95.6 Å². The maximum Gasteiger partial charge on any atom is 0.348 e. The first-order valence-corrected chi connectivity index (χ1v) is 21.6. The van der Waals surface area contributed by atoms with Gasteiger partial charge in [0.25, 0.3) is 0 Å². The summed E-state index contributed by atoms with van der Waals surface area (Å²) in [6, 6.07) is 21.1. The van der Waals surface area contributed by atoms with Gasteiger partial charge in [-0.2, -0.15) is 0 Å². The van der Waals surface area contributed by atoms with Crippen molar-refractivity contribution in [2.45, 2.75) is 103 Å². The van der Waals surface area contributed by atoms with Crippen LogP contribution in [0.4, 0.5) is 0 Å². The molecule has 1 unspecified atom stereocenters.